The van der Waals surface area contributed by atoms with Gasteiger partial charge in [-0.15, -0.1) is 0 Å². The van der Waals surface area contributed by atoms with Crippen LogP contribution < -0.4 is 5.32 Å². The van der Waals surface area contributed by atoms with Crippen LogP contribution in [-0.4, -0.2) is 17.4 Å². The number of rotatable bonds is 4. The Morgan fingerprint density at radius 1 is 1.13 bits per heavy atom. The van der Waals surface area contributed by atoms with Crippen LogP contribution in [0.5, 0.6) is 0 Å². The Kier molecular flexibility index (Phi) is 4.53. The molecule has 0 unspecified atom stereocenters. The summed E-state index contributed by atoms with van der Waals surface area (Å²) in [6.07, 6.45) is 0.628. The Hall–Kier alpha value is -2.46. The number of halogens is 2. The van der Waals surface area contributed by atoms with E-state index in [0.717, 1.165) is 10.9 Å². The van der Waals surface area contributed by atoms with Crippen molar-refractivity contribution in [2.75, 3.05) is 6.54 Å². The van der Waals surface area contributed by atoms with Crippen molar-refractivity contribution in [1.82, 2.24) is 10.3 Å². The third-order valence-corrected chi connectivity index (χ3v) is 3.74. The summed E-state index contributed by atoms with van der Waals surface area (Å²) in [4.78, 5) is 16.6. The Morgan fingerprint density at radius 3 is 2.65 bits per heavy atom. The third kappa shape index (κ3) is 3.66. The van der Waals surface area contributed by atoms with Crippen molar-refractivity contribution in [3.63, 3.8) is 0 Å². The second-order valence-electron chi connectivity index (χ2n) is 5.14. The Labute approximate surface area is 138 Å². The summed E-state index contributed by atoms with van der Waals surface area (Å²) in [6.45, 7) is 0.457. The highest BCUT2D eigenvalue weighted by Crippen LogP contribution is 2.20. The number of hydrogen-bond donors (Lipinski definition) is 1. The van der Waals surface area contributed by atoms with Crippen molar-refractivity contribution in [3.8, 4) is 0 Å². The van der Waals surface area contributed by atoms with Crippen LogP contribution in [0, 0.1) is 5.82 Å². The molecule has 0 fully saturated rings. The lowest BCUT2D eigenvalue weighted by Gasteiger charge is -2.08. The van der Waals surface area contributed by atoms with Gasteiger partial charge >= 0.3 is 0 Å². The van der Waals surface area contributed by atoms with Gasteiger partial charge in [0.25, 0.3) is 5.91 Å². The van der Waals surface area contributed by atoms with Crippen LogP contribution in [0.2, 0.25) is 5.15 Å². The molecule has 0 aliphatic rings. The van der Waals surface area contributed by atoms with Gasteiger partial charge in [0.1, 0.15) is 11.0 Å². The topological polar surface area (TPSA) is 42.0 Å². The number of amides is 1. The van der Waals surface area contributed by atoms with Crippen LogP contribution >= 0.6 is 11.6 Å². The van der Waals surface area contributed by atoms with E-state index in [4.69, 9.17) is 11.6 Å². The summed E-state index contributed by atoms with van der Waals surface area (Å²) < 4.78 is 12.9. The quantitative estimate of drug-likeness (QED) is 0.735. The molecule has 0 spiro atoms. The van der Waals surface area contributed by atoms with Crippen molar-refractivity contribution in [1.29, 1.82) is 0 Å². The summed E-state index contributed by atoms with van der Waals surface area (Å²) in [5.74, 6) is -0.469. The number of benzene rings is 2. The number of hydrogen-bond acceptors (Lipinski definition) is 2. The fraction of sp³-hybridized carbons (Fsp3) is 0.111. The molecule has 0 saturated carbocycles. The maximum atomic E-state index is 12.9. The van der Waals surface area contributed by atoms with E-state index in [2.05, 4.69) is 10.3 Å². The molecule has 5 heteroatoms. The molecule has 1 amide bonds. The summed E-state index contributed by atoms with van der Waals surface area (Å²) in [6, 6.07) is 15.2. The summed E-state index contributed by atoms with van der Waals surface area (Å²) in [5, 5.41) is 3.91. The number of carbonyl (C=O) groups excluding carboxylic acids is 1. The van der Waals surface area contributed by atoms with Gasteiger partial charge in [-0.05, 0) is 36.2 Å². The van der Waals surface area contributed by atoms with E-state index in [1.54, 1.807) is 18.2 Å². The van der Waals surface area contributed by atoms with E-state index in [1.807, 2.05) is 24.3 Å². The summed E-state index contributed by atoms with van der Waals surface area (Å²) in [7, 11) is 0. The van der Waals surface area contributed by atoms with E-state index in [9.17, 15) is 9.18 Å². The van der Waals surface area contributed by atoms with Crippen molar-refractivity contribution in [2.24, 2.45) is 0 Å². The van der Waals surface area contributed by atoms with Gasteiger partial charge in [-0.3, -0.25) is 4.79 Å². The highest BCUT2D eigenvalue weighted by molar-refractivity contribution is 6.30. The van der Waals surface area contributed by atoms with Gasteiger partial charge < -0.3 is 5.32 Å². The summed E-state index contributed by atoms with van der Waals surface area (Å²) in [5.41, 5.74) is 2.15. The van der Waals surface area contributed by atoms with Crippen LogP contribution in [0.4, 0.5) is 4.39 Å². The molecule has 1 N–H and O–H groups in total. The number of fused-ring (bicyclic) bond motifs is 1. The number of nitrogens with zero attached hydrogens (tertiary/aromatic N) is 1. The van der Waals surface area contributed by atoms with Gasteiger partial charge in [0.15, 0.2) is 0 Å². The Morgan fingerprint density at radius 2 is 1.87 bits per heavy atom. The van der Waals surface area contributed by atoms with Crippen LogP contribution in [0.3, 0.4) is 0 Å². The molecule has 0 aliphatic heterocycles. The number of pyridine rings is 1. The molecule has 0 atom stereocenters. The van der Waals surface area contributed by atoms with Crippen LogP contribution in [0.1, 0.15) is 15.9 Å². The molecule has 23 heavy (non-hydrogen) atoms. The van der Waals surface area contributed by atoms with Gasteiger partial charge in [0.05, 0.1) is 11.1 Å². The first-order chi connectivity index (χ1) is 11.1. The third-order valence-electron chi connectivity index (χ3n) is 3.54. The van der Waals surface area contributed by atoms with Crippen molar-refractivity contribution in [2.45, 2.75) is 6.42 Å². The highest BCUT2D eigenvalue weighted by Gasteiger charge is 2.11. The normalized spacial score (nSPS) is 10.7. The first-order valence-corrected chi connectivity index (χ1v) is 7.59. The molecule has 2 aromatic carbocycles. The highest BCUT2D eigenvalue weighted by atomic mass is 35.5. The zero-order valence-electron chi connectivity index (χ0n) is 12.2. The SMILES string of the molecule is O=C(NCCc1ccc(F)cc1)c1cc(Cl)nc2ccccc12. The molecule has 3 nitrogen and oxygen atoms in total. The van der Waals surface area contributed by atoms with Crippen LogP contribution in [0.15, 0.2) is 54.6 Å². The summed E-state index contributed by atoms with van der Waals surface area (Å²) >= 11 is 5.99. The van der Waals surface area contributed by atoms with Crippen molar-refractivity contribution < 1.29 is 9.18 Å². The fourth-order valence-corrected chi connectivity index (χ4v) is 2.60. The van der Waals surface area contributed by atoms with Crippen molar-refractivity contribution >= 4 is 28.4 Å². The first-order valence-electron chi connectivity index (χ1n) is 7.21. The van der Waals surface area contributed by atoms with E-state index >= 15 is 0 Å². The van der Waals surface area contributed by atoms with Gasteiger partial charge in [-0.25, -0.2) is 9.37 Å². The molecule has 0 aliphatic carbocycles. The minimum Gasteiger partial charge on any atom is -0.352 e. The zero-order chi connectivity index (χ0) is 16.2. The number of nitrogens with one attached hydrogen (secondary N) is 1. The number of aromatic nitrogens is 1. The molecule has 0 saturated heterocycles. The predicted octanol–water partition coefficient (Wildman–Crippen LogP) is 4.00. The molecule has 3 aromatic rings. The Balaban J connectivity index is 1.72. The second kappa shape index (κ2) is 6.75. The lowest BCUT2D eigenvalue weighted by Crippen LogP contribution is -2.26. The zero-order valence-corrected chi connectivity index (χ0v) is 13.0. The maximum Gasteiger partial charge on any atom is 0.252 e. The Bertz CT molecular complexity index is 849. The first kappa shape index (κ1) is 15.4. The molecule has 0 radical (unpaired) electrons. The lowest BCUT2D eigenvalue weighted by molar-refractivity contribution is 0.0955. The predicted molar refractivity (Wildman–Crippen MR) is 89.2 cm³/mol. The molecule has 3 rings (SSSR count). The molecule has 1 heterocycles. The standard InChI is InChI=1S/C18H14ClFN2O/c19-17-11-15(14-3-1-2-4-16(14)22-17)18(23)21-10-9-12-5-7-13(20)8-6-12/h1-8,11H,9-10H2,(H,21,23). The number of para-hydroxylation sites is 1. The van der Waals surface area contributed by atoms with Gasteiger partial charge in [0.2, 0.25) is 0 Å². The maximum absolute atomic E-state index is 12.9. The largest absolute Gasteiger partial charge is 0.352 e. The van der Waals surface area contributed by atoms with Gasteiger partial charge in [0, 0.05) is 11.9 Å². The minimum absolute atomic E-state index is 0.201. The molecule has 116 valence electrons. The average Bonchev–Trinajstić information content (AvgIpc) is 2.55. The molecule has 1 aromatic heterocycles. The lowest BCUT2D eigenvalue weighted by atomic mass is 10.1. The molecule has 0 bridgehead atoms. The van der Waals surface area contributed by atoms with E-state index < -0.39 is 0 Å². The van der Waals surface area contributed by atoms with Gasteiger partial charge in [-0.2, -0.15) is 0 Å². The molecular formula is C18H14ClFN2O. The smallest absolute Gasteiger partial charge is 0.252 e. The van der Waals surface area contributed by atoms with E-state index in [-0.39, 0.29) is 16.9 Å². The average molecular weight is 329 g/mol. The minimum atomic E-state index is -0.268. The van der Waals surface area contributed by atoms with Gasteiger partial charge in [-0.1, -0.05) is 41.9 Å². The van der Waals surface area contributed by atoms with Crippen molar-refractivity contribution in [3.05, 3.63) is 76.7 Å². The fourth-order valence-electron chi connectivity index (χ4n) is 2.40. The second-order valence-corrected chi connectivity index (χ2v) is 5.53. The monoisotopic (exact) mass is 328 g/mol. The van der Waals surface area contributed by atoms with Crippen LogP contribution in [-0.2, 0) is 6.42 Å². The number of carbonyl (C=O) groups is 1. The van der Waals surface area contributed by atoms with Crippen LogP contribution in [0.25, 0.3) is 10.9 Å². The molecular weight excluding hydrogens is 315 g/mol. The van der Waals surface area contributed by atoms with E-state index in [1.165, 1.54) is 12.1 Å². The van der Waals surface area contributed by atoms with E-state index in [0.29, 0.717) is 24.0 Å².